The van der Waals surface area contributed by atoms with Gasteiger partial charge in [-0.15, -0.1) is 0 Å². The maximum atomic E-state index is 12.8. The third kappa shape index (κ3) is 25.7. The normalized spacial score (nSPS) is 25.7. The van der Waals surface area contributed by atoms with Crippen LogP contribution in [0.3, 0.4) is 0 Å². The van der Waals surface area contributed by atoms with Crippen LogP contribution >= 0.6 is 7.82 Å². The largest absolute Gasteiger partial charge is 0.472 e. The number of esters is 2. The molecular weight excluding hydrogens is 819 g/mol. The van der Waals surface area contributed by atoms with Gasteiger partial charge in [-0.3, -0.25) is 18.6 Å². The van der Waals surface area contributed by atoms with E-state index in [1.165, 1.54) is 38.5 Å². The van der Waals surface area contributed by atoms with Crippen molar-refractivity contribution in [1.29, 1.82) is 0 Å². The fraction of sp³-hybridized carbons (Fsp3) is 0.745. The third-order valence-electron chi connectivity index (χ3n) is 10.7. The van der Waals surface area contributed by atoms with Crippen molar-refractivity contribution < 1.29 is 67.8 Å². The minimum atomic E-state index is -5.14. The Morgan fingerprint density at radius 1 is 0.581 bits per heavy atom. The molecule has 1 saturated carbocycles. The van der Waals surface area contributed by atoms with Gasteiger partial charge in [0, 0.05) is 12.8 Å². The van der Waals surface area contributed by atoms with Gasteiger partial charge in [0.15, 0.2) is 6.10 Å². The summed E-state index contributed by atoms with van der Waals surface area (Å²) in [5.41, 5.74) is 0. The minimum Gasteiger partial charge on any atom is -0.462 e. The van der Waals surface area contributed by atoms with Gasteiger partial charge < -0.3 is 44.6 Å². The zero-order valence-corrected chi connectivity index (χ0v) is 38.2. The number of phosphoric acid groups is 1. The van der Waals surface area contributed by atoms with Crippen molar-refractivity contribution in [2.75, 3.05) is 13.2 Å². The van der Waals surface area contributed by atoms with Gasteiger partial charge >= 0.3 is 19.8 Å². The summed E-state index contributed by atoms with van der Waals surface area (Å²) in [7, 11) is -5.14. The summed E-state index contributed by atoms with van der Waals surface area (Å²) in [5.74, 6) is -1.19. The number of rotatable bonds is 36. The molecule has 2 aliphatic rings. The molecule has 1 aliphatic heterocycles. The average Bonchev–Trinajstić information content (AvgIpc) is 4.01. The molecule has 0 spiro atoms. The molecule has 2 fully saturated rings. The number of aliphatic hydroxyl groups excluding tert-OH is 5. The van der Waals surface area contributed by atoms with Crippen LogP contribution in [0.2, 0.25) is 0 Å². The molecule has 1 heterocycles. The quantitative estimate of drug-likeness (QED) is 0.0116. The Bertz CT molecular complexity index is 1380. The van der Waals surface area contributed by atoms with Crippen molar-refractivity contribution in [1.82, 2.24) is 0 Å². The Morgan fingerprint density at radius 2 is 1.06 bits per heavy atom. The lowest BCUT2D eigenvalue weighted by Crippen LogP contribution is -2.64. The van der Waals surface area contributed by atoms with Crippen LogP contribution in [0.1, 0.15) is 155 Å². The van der Waals surface area contributed by atoms with Gasteiger partial charge in [-0.1, -0.05) is 126 Å². The summed E-state index contributed by atoms with van der Waals surface area (Å²) < 4.78 is 39.1. The maximum Gasteiger partial charge on any atom is 0.472 e. The fourth-order valence-corrected chi connectivity index (χ4v) is 7.86. The number of carbonyl (C=O) groups is 2. The van der Waals surface area contributed by atoms with Crippen molar-refractivity contribution in [2.24, 2.45) is 0 Å². The molecule has 1 saturated heterocycles. The number of unbranched alkanes of at least 4 members (excludes halogenated alkanes) is 12. The lowest BCUT2D eigenvalue weighted by molar-refractivity contribution is -0.220. The molecule has 15 heteroatoms. The first-order valence-corrected chi connectivity index (χ1v) is 24.7. The van der Waals surface area contributed by atoms with Crippen LogP contribution in [0.5, 0.6) is 0 Å². The number of phosphoric ester groups is 1. The molecule has 0 aromatic carbocycles. The highest BCUT2D eigenvalue weighted by Crippen LogP contribution is 2.47. The van der Waals surface area contributed by atoms with E-state index in [0.717, 1.165) is 70.6 Å². The SMILES string of the molecule is CC/C=C\CC1OC1C/C=C\C/C=C\C/C=C\CCCC(=O)OC(COC(=O)CCCCCCC/C=C\CCCCCCCC)COP(=O)(O)OC1C(O)C(O)C(O)C(O)C1O. The Morgan fingerprint density at radius 3 is 1.68 bits per heavy atom. The molecule has 1 aliphatic carbocycles. The van der Waals surface area contributed by atoms with Crippen molar-refractivity contribution in [3.8, 4) is 0 Å². The number of allylic oxidation sites excluding steroid dienone is 8. The van der Waals surface area contributed by atoms with Gasteiger partial charge in [-0.05, 0) is 77.0 Å². The molecule has 62 heavy (non-hydrogen) atoms. The first-order valence-electron chi connectivity index (χ1n) is 23.2. The number of hydrogen-bond acceptors (Lipinski definition) is 13. The van der Waals surface area contributed by atoms with Crippen molar-refractivity contribution in [3.05, 3.63) is 60.8 Å². The molecule has 6 N–H and O–H groups in total. The number of aliphatic hydroxyl groups is 5. The van der Waals surface area contributed by atoms with E-state index in [1.54, 1.807) is 0 Å². The summed E-state index contributed by atoms with van der Waals surface area (Å²) >= 11 is 0. The summed E-state index contributed by atoms with van der Waals surface area (Å²) in [6.45, 7) is 3.11. The van der Waals surface area contributed by atoms with Crippen LogP contribution in [0.15, 0.2) is 60.8 Å². The summed E-state index contributed by atoms with van der Waals surface area (Å²) in [4.78, 5) is 35.7. The summed E-state index contributed by atoms with van der Waals surface area (Å²) in [5, 5.41) is 50.1. The molecule has 8 unspecified atom stereocenters. The molecule has 0 radical (unpaired) electrons. The van der Waals surface area contributed by atoms with Crippen LogP contribution in [-0.4, -0.2) is 111 Å². The third-order valence-corrected chi connectivity index (χ3v) is 11.7. The van der Waals surface area contributed by atoms with Crippen LogP contribution in [0.4, 0.5) is 0 Å². The molecule has 14 nitrogen and oxygen atoms in total. The van der Waals surface area contributed by atoms with Gasteiger partial charge in [-0.2, -0.15) is 0 Å². The van der Waals surface area contributed by atoms with Crippen molar-refractivity contribution in [2.45, 2.75) is 210 Å². The second kappa shape index (κ2) is 33.9. The topological polar surface area (TPSA) is 222 Å². The standard InChI is InChI=1S/C47H79O14P/c1-3-5-7-8-9-10-11-12-13-14-15-19-22-25-29-33-40(48)57-35-37(36-58-62(55,56)61-47-45(53)43(51)42(50)44(52)46(47)54)59-41(49)34-30-26-23-20-17-16-18-21-24-28-32-39-38(60-39)31-27-6-4-2/h6,12-13,16,18,20,23-24,27-28,37-39,42-47,50-54H,3-5,7-11,14-15,17,19,21-22,25-26,29-36H2,1-2H3,(H,55,56)/b13-12-,18-16-,23-20-,27-6-,28-24-. The highest BCUT2D eigenvalue weighted by Gasteiger charge is 2.51. The van der Waals surface area contributed by atoms with E-state index in [0.29, 0.717) is 31.5 Å². The van der Waals surface area contributed by atoms with Gasteiger partial charge in [-0.25, -0.2) is 4.57 Å². The average molecular weight is 899 g/mol. The zero-order chi connectivity index (χ0) is 45.4. The highest BCUT2D eigenvalue weighted by atomic mass is 31.2. The molecule has 0 aromatic rings. The minimum absolute atomic E-state index is 0.0106. The van der Waals surface area contributed by atoms with E-state index in [9.17, 15) is 44.6 Å². The first kappa shape index (κ1) is 55.6. The van der Waals surface area contributed by atoms with E-state index < -0.39 is 75.7 Å². The fourth-order valence-electron chi connectivity index (χ4n) is 6.89. The smallest absolute Gasteiger partial charge is 0.462 e. The number of ether oxygens (including phenoxy) is 3. The van der Waals surface area contributed by atoms with Gasteiger partial charge in [0.05, 0.1) is 18.8 Å². The Balaban J connectivity index is 1.73. The summed E-state index contributed by atoms with van der Waals surface area (Å²) in [6.07, 6.45) is 28.9. The van der Waals surface area contributed by atoms with Crippen LogP contribution < -0.4 is 0 Å². The molecule has 0 amide bonds. The first-order chi connectivity index (χ1) is 29.9. The Hall–Kier alpha value is -2.49. The molecular formula is C47H79O14P. The zero-order valence-electron chi connectivity index (χ0n) is 37.3. The van der Waals surface area contributed by atoms with Crippen LogP contribution in [0, 0.1) is 0 Å². The maximum absolute atomic E-state index is 12.8. The lowest BCUT2D eigenvalue weighted by Gasteiger charge is -2.41. The van der Waals surface area contributed by atoms with E-state index in [2.05, 4.69) is 62.5 Å². The van der Waals surface area contributed by atoms with E-state index in [1.807, 2.05) is 12.2 Å². The van der Waals surface area contributed by atoms with E-state index >= 15 is 0 Å². The van der Waals surface area contributed by atoms with Gasteiger partial charge in [0.25, 0.3) is 0 Å². The second-order valence-electron chi connectivity index (χ2n) is 16.3. The predicted molar refractivity (Wildman–Crippen MR) is 239 cm³/mol. The van der Waals surface area contributed by atoms with Crippen LogP contribution in [0.25, 0.3) is 0 Å². The molecule has 356 valence electrons. The molecule has 0 aromatic heterocycles. The van der Waals surface area contributed by atoms with Gasteiger partial charge in [0.2, 0.25) is 0 Å². The molecule has 8 atom stereocenters. The van der Waals surface area contributed by atoms with Crippen molar-refractivity contribution in [3.63, 3.8) is 0 Å². The predicted octanol–water partition coefficient (Wildman–Crippen LogP) is 7.93. The van der Waals surface area contributed by atoms with Crippen molar-refractivity contribution >= 4 is 19.8 Å². The summed E-state index contributed by atoms with van der Waals surface area (Å²) in [6, 6.07) is 0. The Kier molecular flexibility index (Phi) is 30.5. The Labute approximate surface area is 370 Å². The van der Waals surface area contributed by atoms with Crippen LogP contribution in [-0.2, 0) is 37.4 Å². The number of carbonyl (C=O) groups excluding carboxylic acids is 2. The van der Waals surface area contributed by atoms with Gasteiger partial charge in [0.1, 0.15) is 43.2 Å². The molecule has 2 rings (SSSR count). The van der Waals surface area contributed by atoms with E-state index in [-0.39, 0.29) is 12.8 Å². The highest BCUT2D eigenvalue weighted by molar-refractivity contribution is 7.47. The monoisotopic (exact) mass is 899 g/mol. The molecule has 0 bridgehead atoms. The second-order valence-corrected chi connectivity index (χ2v) is 17.7. The number of epoxide rings is 1. The van der Waals surface area contributed by atoms with E-state index in [4.69, 9.17) is 23.3 Å². The lowest BCUT2D eigenvalue weighted by atomic mass is 9.85. The number of hydrogen-bond donors (Lipinski definition) is 6.